The van der Waals surface area contributed by atoms with Crippen LogP contribution in [0.4, 0.5) is 5.13 Å². The fourth-order valence-corrected chi connectivity index (χ4v) is 3.35. The summed E-state index contributed by atoms with van der Waals surface area (Å²) in [6.45, 7) is 9.38. The van der Waals surface area contributed by atoms with E-state index in [9.17, 15) is 9.59 Å². The molecule has 0 aromatic carbocycles. The summed E-state index contributed by atoms with van der Waals surface area (Å²) in [5.74, 6) is -0.718. The maximum absolute atomic E-state index is 12.0. The Kier molecular flexibility index (Phi) is 4.63. The van der Waals surface area contributed by atoms with Crippen LogP contribution in [0, 0.1) is 0 Å². The van der Waals surface area contributed by atoms with Crippen molar-refractivity contribution < 1.29 is 19.1 Å². The van der Waals surface area contributed by atoms with Gasteiger partial charge in [-0.2, -0.15) is 0 Å². The number of carbonyl (C=O) groups is 2. The molecule has 6 nitrogen and oxygen atoms in total. The zero-order valence-electron chi connectivity index (χ0n) is 12.8. The fourth-order valence-electron chi connectivity index (χ4n) is 2.21. The van der Waals surface area contributed by atoms with Crippen LogP contribution in [0.3, 0.4) is 0 Å². The molecular formula is C14H20N2O4S. The van der Waals surface area contributed by atoms with Gasteiger partial charge in [-0.3, -0.25) is 4.79 Å². The average molecular weight is 312 g/mol. The first-order chi connectivity index (χ1) is 9.86. The standard InChI is InChI=1S/C14H20N2O4S/c1-5-20-12(18)10-11(9(2)17)21-13(15-10)16-6-7-19-8-14(16,3)4/h5-8H2,1-4H3. The zero-order chi connectivity index (χ0) is 15.6. The molecule has 0 atom stereocenters. The summed E-state index contributed by atoms with van der Waals surface area (Å²) in [6, 6.07) is 0. The van der Waals surface area contributed by atoms with Gasteiger partial charge in [-0.25, -0.2) is 9.78 Å². The molecule has 0 amide bonds. The first-order valence-corrected chi connectivity index (χ1v) is 7.72. The molecule has 2 rings (SSSR count). The molecule has 0 unspecified atom stereocenters. The lowest BCUT2D eigenvalue weighted by molar-refractivity contribution is 0.0516. The Hall–Kier alpha value is -1.47. The van der Waals surface area contributed by atoms with Gasteiger partial charge < -0.3 is 14.4 Å². The van der Waals surface area contributed by atoms with Crippen molar-refractivity contribution in [2.24, 2.45) is 0 Å². The minimum absolute atomic E-state index is 0.117. The minimum atomic E-state index is -0.545. The van der Waals surface area contributed by atoms with Crippen LogP contribution in [0.1, 0.15) is 47.9 Å². The van der Waals surface area contributed by atoms with Crippen molar-refractivity contribution in [2.45, 2.75) is 33.2 Å². The Morgan fingerprint density at radius 3 is 2.76 bits per heavy atom. The van der Waals surface area contributed by atoms with Gasteiger partial charge in [0, 0.05) is 13.5 Å². The molecule has 1 fully saturated rings. The van der Waals surface area contributed by atoms with Crippen LogP contribution in [0.5, 0.6) is 0 Å². The molecule has 0 aliphatic carbocycles. The van der Waals surface area contributed by atoms with E-state index in [0.29, 0.717) is 29.8 Å². The number of ether oxygens (including phenoxy) is 2. The lowest BCUT2D eigenvalue weighted by Gasteiger charge is -2.41. The van der Waals surface area contributed by atoms with Gasteiger partial charge in [0.2, 0.25) is 0 Å². The highest BCUT2D eigenvalue weighted by atomic mass is 32.1. The summed E-state index contributed by atoms with van der Waals surface area (Å²) in [4.78, 5) is 30.5. The molecule has 0 spiro atoms. The maximum atomic E-state index is 12.0. The van der Waals surface area contributed by atoms with Crippen molar-refractivity contribution in [1.29, 1.82) is 0 Å². The van der Waals surface area contributed by atoms with Crippen molar-refractivity contribution in [3.05, 3.63) is 10.6 Å². The molecule has 7 heteroatoms. The number of aromatic nitrogens is 1. The number of hydrogen-bond donors (Lipinski definition) is 0. The van der Waals surface area contributed by atoms with E-state index in [1.165, 1.54) is 18.3 Å². The van der Waals surface area contributed by atoms with E-state index in [2.05, 4.69) is 9.88 Å². The predicted octanol–water partition coefficient (Wildman–Crippen LogP) is 2.14. The van der Waals surface area contributed by atoms with E-state index < -0.39 is 5.97 Å². The highest BCUT2D eigenvalue weighted by Gasteiger charge is 2.34. The molecule has 0 N–H and O–H groups in total. The summed E-state index contributed by atoms with van der Waals surface area (Å²) in [5, 5.41) is 0.663. The molecule has 1 aromatic heterocycles. The first kappa shape index (κ1) is 15.9. The topological polar surface area (TPSA) is 68.7 Å². The maximum Gasteiger partial charge on any atom is 0.358 e. The largest absolute Gasteiger partial charge is 0.461 e. The van der Waals surface area contributed by atoms with Gasteiger partial charge in [0.1, 0.15) is 4.88 Å². The summed E-state index contributed by atoms with van der Waals surface area (Å²) in [7, 11) is 0. The molecule has 2 heterocycles. The van der Waals surface area contributed by atoms with Crippen molar-refractivity contribution in [2.75, 3.05) is 31.3 Å². The molecule has 1 saturated heterocycles. The van der Waals surface area contributed by atoms with Gasteiger partial charge >= 0.3 is 5.97 Å². The van der Waals surface area contributed by atoms with Crippen LogP contribution in [-0.4, -0.2) is 48.6 Å². The second-order valence-corrected chi connectivity index (χ2v) is 6.45. The van der Waals surface area contributed by atoms with E-state index in [0.717, 1.165) is 0 Å². The highest BCUT2D eigenvalue weighted by molar-refractivity contribution is 7.17. The summed E-state index contributed by atoms with van der Waals surface area (Å²) < 4.78 is 10.5. The van der Waals surface area contributed by atoms with Crippen LogP contribution < -0.4 is 4.90 Å². The number of thiazole rings is 1. The second kappa shape index (κ2) is 6.11. The van der Waals surface area contributed by atoms with Crippen LogP contribution in [-0.2, 0) is 9.47 Å². The summed E-state index contributed by atoms with van der Waals surface area (Å²) >= 11 is 1.24. The summed E-state index contributed by atoms with van der Waals surface area (Å²) in [6.07, 6.45) is 0. The number of esters is 1. The third kappa shape index (κ3) is 3.24. The van der Waals surface area contributed by atoms with Gasteiger partial charge in [0.15, 0.2) is 16.6 Å². The van der Waals surface area contributed by atoms with Gasteiger partial charge in [0.05, 0.1) is 25.4 Å². The number of nitrogens with zero attached hydrogens (tertiary/aromatic N) is 2. The van der Waals surface area contributed by atoms with Crippen LogP contribution in [0.15, 0.2) is 0 Å². The van der Waals surface area contributed by atoms with Crippen molar-refractivity contribution >= 4 is 28.2 Å². The number of Topliss-reactive ketones (excluding diaryl/α,β-unsaturated/α-hetero) is 1. The van der Waals surface area contributed by atoms with E-state index in [1.54, 1.807) is 6.92 Å². The highest BCUT2D eigenvalue weighted by Crippen LogP contribution is 2.33. The van der Waals surface area contributed by atoms with Crippen molar-refractivity contribution in [3.63, 3.8) is 0 Å². The lowest BCUT2D eigenvalue weighted by Crippen LogP contribution is -2.53. The fraction of sp³-hybridized carbons (Fsp3) is 0.643. The van der Waals surface area contributed by atoms with Crippen LogP contribution in [0.2, 0.25) is 0 Å². The third-order valence-electron chi connectivity index (χ3n) is 3.28. The van der Waals surface area contributed by atoms with E-state index in [-0.39, 0.29) is 23.6 Å². The number of carbonyl (C=O) groups excluding carboxylic acids is 2. The number of hydrogen-bond acceptors (Lipinski definition) is 7. The molecule has 0 bridgehead atoms. The molecule has 1 aliphatic heterocycles. The Morgan fingerprint density at radius 2 is 2.19 bits per heavy atom. The Balaban J connectivity index is 2.39. The molecule has 1 aliphatic rings. The normalized spacial score (nSPS) is 17.6. The lowest BCUT2D eigenvalue weighted by atomic mass is 10.0. The van der Waals surface area contributed by atoms with E-state index in [4.69, 9.17) is 9.47 Å². The smallest absolute Gasteiger partial charge is 0.358 e. The SMILES string of the molecule is CCOC(=O)c1nc(N2CCOCC2(C)C)sc1C(C)=O. The minimum Gasteiger partial charge on any atom is -0.461 e. The number of morpholine rings is 1. The first-order valence-electron chi connectivity index (χ1n) is 6.91. The van der Waals surface area contributed by atoms with Gasteiger partial charge in [-0.05, 0) is 20.8 Å². The zero-order valence-corrected chi connectivity index (χ0v) is 13.6. The van der Waals surface area contributed by atoms with Crippen molar-refractivity contribution in [1.82, 2.24) is 4.98 Å². The predicted molar refractivity (Wildman–Crippen MR) is 80.3 cm³/mol. The number of anilines is 1. The van der Waals surface area contributed by atoms with Crippen molar-refractivity contribution in [3.8, 4) is 0 Å². The molecular weight excluding hydrogens is 292 g/mol. The van der Waals surface area contributed by atoms with Crippen LogP contribution in [0.25, 0.3) is 0 Å². The van der Waals surface area contributed by atoms with Gasteiger partial charge in [0.25, 0.3) is 0 Å². The van der Waals surface area contributed by atoms with Crippen LogP contribution >= 0.6 is 11.3 Å². The number of rotatable bonds is 4. The molecule has 0 radical (unpaired) electrons. The third-order valence-corrected chi connectivity index (χ3v) is 4.46. The van der Waals surface area contributed by atoms with Gasteiger partial charge in [-0.15, -0.1) is 0 Å². The number of ketones is 1. The Labute approximate surface area is 128 Å². The molecule has 116 valence electrons. The molecule has 1 aromatic rings. The quantitative estimate of drug-likeness (QED) is 0.627. The molecule has 21 heavy (non-hydrogen) atoms. The monoisotopic (exact) mass is 312 g/mol. The average Bonchev–Trinajstić information content (AvgIpc) is 2.83. The Morgan fingerprint density at radius 1 is 1.48 bits per heavy atom. The Bertz CT molecular complexity index is 553. The summed E-state index contributed by atoms with van der Waals surface area (Å²) in [5.41, 5.74) is -0.109. The van der Waals surface area contributed by atoms with E-state index >= 15 is 0 Å². The molecule has 0 saturated carbocycles. The van der Waals surface area contributed by atoms with E-state index in [1.807, 2.05) is 13.8 Å². The van der Waals surface area contributed by atoms with Gasteiger partial charge in [-0.1, -0.05) is 11.3 Å². The second-order valence-electron chi connectivity index (χ2n) is 5.47.